The summed E-state index contributed by atoms with van der Waals surface area (Å²) in [5.74, 6) is -0.0535. The first kappa shape index (κ1) is 15.7. The summed E-state index contributed by atoms with van der Waals surface area (Å²) in [4.78, 5) is 12.1. The van der Waals surface area contributed by atoms with E-state index in [-0.39, 0.29) is 23.9 Å². The molecule has 9 nitrogen and oxygen atoms in total. The zero-order valence-electron chi connectivity index (χ0n) is 12.8. The number of aromatic nitrogens is 4. The van der Waals surface area contributed by atoms with Crippen molar-refractivity contribution in [2.75, 3.05) is 5.75 Å². The molecule has 2 heterocycles. The molecule has 1 amide bonds. The minimum atomic E-state index is -3.63. The fourth-order valence-electron chi connectivity index (χ4n) is 2.18. The first-order chi connectivity index (χ1) is 10.8. The van der Waals surface area contributed by atoms with Crippen LogP contribution in [0.2, 0.25) is 0 Å². The van der Waals surface area contributed by atoms with Crippen molar-refractivity contribution >= 4 is 15.9 Å². The molecular weight excluding hydrogens is 322 g/mol. The van der Waals surface area contributed by atoms with E-state index in [1.165, 1.54) is 4.68 Å². The molecule has 124 valence electrons. The van der Waals surface area contributed by atoms with Crippen LogP contribution in [-0.2, 0) is 16.6 Å². The van der Waals surface area contributed by atoms with E-state index in [9.17, 15) is 13.2 Å². The van der Waals surface area contributed by atoms with Gasteiger partial charge in [0.05, 0.1) is 17.1 Å². The minimum Gasteiger partial charge on any atom is -0.359 e. The Morgan fingerprint density at radius 3 is 2.78 bits per heavy atom. The average molecular weight is 339 g/mol. The number of nitrogens with one attached hydrogen (secondary N) is 1. The monoisotopic (exact) mass is 339 g/mol. The zero-order valence-corrected chi connectivity index (χ0v) is 13.6. The number of rotatable bonds is 6. The quantitative estimate of drug-likeness (QED) is 0.808. The van der Waals surface area contributed by atoms with E-state index >= 15 is 0 Å². The number of hydrogen-bond acceptors (Lipinski definition) is 7. The van der Waals surface area contributed by atoms with Crippen LogP contribution in [0.4, 0.5) is 0 Å². The summed E-state index contributed by atoms with van der Waals surface area (Å²) < 4.78 is 32.3. The maximum absolute atomic E-state index is 12.1. The Morgan fingerprint density at radius 1 is 1.43 bits per heavy atom. The third-order valence-electron chi connectivity index (χ3n) is 3.58. The second-order valence-electron chi connectivity index (χ2n) is 5.77. The van der Waals surface area contributed by atoms with Gasteiger partial charge in [-0.25, -0.2) is 17.8 Å². The van der Waals surface area contributed by atoms with Gasteiger partial charge in [0.2, 0.25) is 10.0 Å². The predicted octanol–water partition coefficient (Wildman–Crippen LogP) is 0.401. The molecule has 1 aliphatic carbocycles. The highest BCUT2D eigenvalue weighted by Crippen LogP contribution is 2.30. The average Bonchev–Trinajstić information content (AvgIpc) is 3.03. The molecule has 0 atom stereocenters. The Hall–Kier alpha value is -2.23. The van der Waals surface area contributed by atoms with Crippen molar-refractivity contribution < 1.29 is 17.7 Å². The highest BCUT2D eigenvalue weighted by molar-refractivity contribution is 7.90. The maximum atomic E-state index is 12.1. The van der Waals surface area contributed by atoms with Gasteiger partial charge in [-0.05, 0) is 32.6 Å². The van der Waals surface area contributed by atoms with Crippen LogP contribution in [0, 0.1) is 19.8 Å². The molecule has 10 heteroatoms. The van der Waals surface area contributed by atoms with Crippen LogP contribution in [0.1, 0.15) is 40.5 Å². The number of amides is 1. The highest BCUT2D eigenvalue weighted by Gasteiger charge is 2.30. The maximum Gasteiger partial charge on any atom is 0.287 e. The number of aryl methyl sites for hydroxylation is 1. The summed E-state index contributed by atoms with van der Waals surface area (Å²) in [7, 11) is -3.63. The van der Waals surface area contributed by atoms with Crippen molar-refractivity contribution in [3.05, 3.63) is 28.9 Å². The molecule has 0 unspecified atom stereocenters. The van der Waals surface area contributed by atoms with Crippen molar-refractivity contribution in [1.82, 2.24) is 24.9 Å². The van der Waals surface area contributed by atoms with Gasteiger partial charge in [-0.3, -0.25) is 4.79 Å². The Balaban J connectivity index is 1.71. The molecule has 1 aliphatic rings. The van der Waals surface area contributed by atoms with Gasteiger partial charge in [0.15, 0.2) is 11.5 Å². The highest BCUT2D eigenvalue weighted by atomic mass is 32.2. The van der Waals surface area contributed by atoms with Gasteiger partial charge in [0, 0.05) is 6.07 Å². The van der Waals surface area contributed by atoms with Crippen LogP contribution in [0.3, 0.4) is 0 Å². The fraction of sp³-hybridized carbons (Fsp3) is 0.538. The van der Waals surface area contributed by atoms with E-state index in [2.05, 4.69) is 15.5 Å². The lowest BCUT2D eigenvalue weighted by atomic mass is 10.3. The second kappa shape index (κ2) is 5.76. The van der Waals surface area contributed by atoms with E-state index in [0.29, 0.717) is 11.5 Å². The normalized spacial score (nSPS) is 14.9. The zero-order chi connectivity index (χ0) is 16.6. The molecule has 0 saturated heterocycles. The Labute approximate surface area is 133 Å². The lowest BCUT2D eigenvalue weighted by Gasteiger charge is -2.05. The third-order valence-corrected chi connectivity index (χ3v) is 4.99. The molecular formula is C13H17N5O4S. The topological polar surface area (TPSA) is 120 Å². The van der Waals surface area contributed by atoms with Crippen molar-refractivity contribution in [3.8, 4) is 0 Å². The van der Waals surface area contributed by atoms with Gasteiger partial charge in [-0.15, -0.1) is 5.10 Å². The van der Waals surface area contributed by atoms with Crippen LogP contribution >= 0.6 is 0 Å². The van der Waals surface area contributed by atoms with Gasteiger partial charge in [-0.1, -0.05) is 10.4 Å². The van der Waals surface area contributed by atoms with E-state index in [1.807, 2.05) is 4.72 Å². The molecule has 0 radical (unpaired) electrons. The molecule has 0 aromatic carbocycles. The largest absolute Gasteiger partial charge is 0.359 e. The summed E-state index contributed by atoms with van der Waals surface area (Å²) in [5, 5.41) is 11.4. The number of nitrogens with zero attached hydrogens (tertiary/aromatic N) is 4. The van der Waals surface area contributed by atoms with Crippen LogP contribution in [0.25, 0.3) is 0 Å². The molecule has 1 saturated carbocycles. The molecule has 23 heavy (non-hydrogen) atoms. The lowest BCUT2D eigenvalue weighted by Crippen LogP contribution is -2.33. The summed E-state index contributed by atoms with van der Waals surface area (Å²) in [6.07, 6.45) is 1.78. The number of carbonyl (C=O) groups excluding carboxylic acids is 1. The molecule has 0 aliphatic heterocycles. The van der Waals surface area contributed by atoms with Gasteiger partial charge in [0.1, 0.15) is 6.54 Å². The van der Waals surface area contributed by atoms with E-state index in [1.54, 1.807) is 19.9 Å². The first-order valence-corrected chi connectivity index (χ1v) is 8.86. The molecule has 2 aromatic heterocycles. The summed E-state index contributed by atoms with van der Waals surface area (Å²) in [5.41, 5.74) is 1.18. The van der Waals surface area contributed by atoms with E-state index in [0.717, 1.165) is 18.5 Å². The van der Waals surface area contributed by atoms with Crippen LogP contribution < -0.4 is 4.72 Å². The van der Waals surface area contributed by atoms with E-state index in [4.69, 9.17) is 4.52 Å². The number of sulfonamides is 1. The van der Waals surface area contributed by atoms with E-state index < -0.39 is 15.9 Å². The van der Waals surface area contributed by atoms with Gasteiger partial charge >= 0.3 is 0 Å². The predicted molar refractivity (Wildman–Crippen MR) is 79.1 cm³/mol. The smallest absolute Gasteiger partial charge is 0.287 e. The summed E-state index contributed by atoms with van der Waals surface area (Å²) >= 11 is 0. The lowest BCUT2D eigenvalue weighted by molar-refractivity contribution is 0.0976. The Kier molecular flexibility index (Phi) is 3.92. The standard InChI is InChI=1S/C13H17N5O4S/c1-8-5-11(22-15-8)6-18-9(2)12(14-17-18)13(19)16-23(20,21)7-10-3-4-10/h5,10H,3-4,6-7H2,1-2H3,(H,16,19). The summed E-state index contributed by atoms with van der Waals surface area (Å²) in [6, 6.07) is 1.75. The van der Waals surface area contributed by atoms with Crippen molar-refractivity contribution in [1.29, 1.82) is 0 Å². The van der Waals surface area contributed by atoms with Crippen molar-refractivity contribution in [2.24, 2.45) is 5.92 Å². The molecule has 1 N–H and O–H groups in total. The van der Waals surface area contributed by atoms with Crippen LogP contribution in [0.15, 0.2) is 10.6 Å². The Morgan fingerprint density at radius 2 is 2.17 bits per heavy atom. The minimum absolute atomic E-state index is 0.0133. The third kappa shape index (κ3) is 3.76. The Bertz CT molecular complexity index is 834. The molecule has 0 bridgehead atoms. The molecule has 0 spiro atoms. The fourth-order valence-corrected chi connectivity index (χ4v) is 3.60. The summed E-state index contributed by atoms with van der Waals surface area (Å²) in [6.45, 7) is 3.71. The molecule has 2 aromatic rings. The SMILES string of the molecule is Cc1cc(Cn2nnc(C(=O)NS(=O)(=O)CC3CC3)c2C)on1. The number of carbonyl (C=O) groups is 1. The van der Waals surface area contributed by atoms with Gasteiger partial charge in [0.25, 0.3) is 5.91 Å². The van der Waals surface area contributed by atoms with Crippen LogP contribution in [0.5, 0.6) is 0 Å². The number of hydrogen-bond donors (Lipinski definition) is 1. The van der Waals surface area contributed by atoms with Gasteiger partial charge in [-0.2, -0.15) is 0 Å². The molecule has 1 fully saturated rings. The first-order valence-electron chi connectivity index (χ1n) is 7.21. The van der Waals surface area contributed by atoms with Crippen molar-refractivity contribution in [2.45, 2.75) is 33.2 Å². The second-order valence-corrected chi connectivity index (χ2v) is 7.54. The van der Waals surface area contributed by atoms with Gasteiger partial charge < -0.3 is 4.52 Å². The molecule has 3 rings (SSSR count). The van der Waals surface area contributed by atoms with Crippen LogP contribution in [-0.4, -0.2) is 40.2 Å². The van der Waals surface area contributed by atoms with Crippen molar-refractivity contribution in [3.63, 3.8) is 0 Å².